The van der Waals surface area contributed by atoms with Gasteiger partial charge in [0.25, 0.3) is 0 Å². The zero-order chi connectivity index (χ0) is 10.1. The minimum Gasteiger partial charge on any atom is -0.361 e. The second-order valence-corrected chi connectivity index (χ2v) is 3.65. The van der Waals surface area contributed by atoms with Gasteiger partial charge in [-0.15, -0.1) is 0 Å². The summed E-state index contributed by atoms with van der Waals surface area (Å²) in [5.41, 5.74) is 13.4. The lowest BCUT2D eigenvalue weighted by Crippen LogP contribution is -2.21. The quantitative estimate of drug-likeness (QED) is 0.706. The highest BCUT2D eigenvalue weighted by Gasteiger charge is 2.12. The van der Waals surface area contributed by atoms with Crippen LogP contribution < -0.4 is 11.5 Å². The van der Waals surface area contributed by atoms with Gasteiger partial charge in [-0.1, -0.05) is 11.6 Å². The van der Waals surface area contributed by atoms with Crippen molar-refractivity contribution in [2.75, 3.05) is 6.54 Å². The number of nitrogens with two attached hydrogens (primary N) is 2. The average molecular weight is 210 g/mol. The fraction of sp³-hybridized carbons (Fsp3) is 0.200. The molecular weight excluding hydrogens is 198 g/mol. The lowest BCUT2D eigenvalue weighted by molar-refractivity contribution is 0.743. The van der Waals surface area contributed by atoms with Gasteiger partial charge in [0.05, 0.1) is 0 Å². The fourth-order valence-corrected chi connectivity index (χ4v) is 1.93. The highest BCUT2D eigenvalue weighted by molar-refractivity contribution is 6.32. The molecule has 0 aliphatic heterocycles. The van der Waals surface area contributed by atoms with Crippen LogP contribution in [0, 0.1) is 0 Å². The zero-order valence-corrected chi connectivity index (χ0v) is 8.38. The van der Waals surface area contributed by atoms with Gasteiger partial charge >= 0.3 is 0 Å². The summed E-state index contributed by atoms with van der Waals surface area (Å²) in [6.45, 7) is 0.393. The molecule has 1 atom stereocenters. The Morgan fingerprint density at radius 2 is 2.14 bits per heavy atom. The second kappa shape index (κ2) is 3.61. The van der Waals surface area contributed by atoms with Crippen LogP contribution in [-0.4, -0.2) is 11.5 Å². The van der Waals surface area contributed by atoms with Gasteiger partial charge in [0.15, 0.2) is 0 Å². The molecule has 1 aromatic heterocycles. The number of aromatic nitrogens is 1. The normalized spacial score (nSPS) is 13.4. The van der Waals surface area contributed by atoms with E-state index in [2.05, 4.69) is 4.98 Å². The molecule has 14 heavy (non-hydrogen) atoms. The summed E-state index contributed by atoms with van der Waals surface area (Å²) in [4.78, 5) is 3.11. The second-order valence-electron chi connectivity index (χ2n) is 3.24. The van der Waals surface area contributed by atoms with E-state index in [9.17, 15) is 0 Å². The van der Waals surface area contributed by atoms with E-state index < -0.39 is 0 Å². The molecule has 0 aliphatic rings. The Morgan fingerprint density at radius 3 is 2.86 bits per heavy atom. The molecule has 0 amide bonds. The van der Waals surface area contributed by atoms with Crippen LogP contribution in [0.15, 0.2) is 24.4 Å². The van der Waals surface area contributed by atoms with Crippen molar-refractivity contribution < 1.29 is 0 Å². The molecule has 2 aromatic rings. The maximum Gasteiger partial charge on any atom is 0.0461 e. The molecule has 3 nitrogen and oxygen atoms in total. The molecule has 0 saturated heterocycles. The summed E-state index contributed by atoms with van der Waals surface area (Å²) in [5, 5.41) is 1.73. The number of benzene rings is 1. The van der Waals surface area contributed by atoms with Crippen LogP contribution >= 0.6 is 11.6 Å². The van der Waals surface area contributed by atoms with Gasteiger partial charge in [0, 0.05) is 34.7 Å². The Bertz CT molecular complexity index is 450. The summed E-state index contributed by atoms with van der Waals surface area (Å²) in [5.74, 6) is 0. The van der Waals surface area contributed by atoms with Crippen LogP contribution in [0.2, 0.25) is 5.02 Å². The van der Waals surface area contributed by atoms with E-state index in [4.69, 9.17) is 23.1 Å². The summed E-state index contributed by atoms with van der Waals surface area (Å²) < 4.78 is 0. The van der Waals surface area contributed by atoms with Gasteiger partial charge < -0.3 is 16.5 Å². The number of hydrogen-bond acceptors (Lipinski definition) is 2. The maximum absolute atomic E-state index is 6.08. The summed E-state index contributed by atoms with van der Waals surface area (Å²) >= 11 is 6.08. The molecule has 0 saturated carbocycles. The zero-order valence-electron chi connectivity index (χ0n) is 7.63. The van der Waals surface area contributed by atoms with E-state index in [-0.39, 0.29) is 6.04 Å². The van der Waals surface area contributed by atoms with Crippen molar-refractivity contribution in [1.29, 1.82) is 0 Å². The molecule has 2 rings (SSSR count). The molecule has 4 heteroatoms. The lowest BCUT2D eigenvalue weighted by Gasteiger charge is -2.12. The Kier molecular flexibility index (Phi) is 2.46. The predicted molar refractivity (Wildman–Crippen MR) is 59.3 cm³/mol. The maximum atomic E-state index is 6.08. The topological polar surface area (TPSA) is 67.8 Å². The van der Waals surface area contributed by atoms with E-state index in [0.717, 1.165) is 16.5 Å². The first-order chi connectivity index (χ1) is 6.74. The Balaban J connectivity index is 2.70. The molecule has 0 radical (unpaired) electrons. The van der Waals surface area contributed by atoms with Crippen molar-refractivity contribution >= 4 is 22.5 Å². The summed E-state index contributed by atoms with van der Waals surface area (Å²) in [6.07, 6.45) is 1.87. The van der Waals surface area contributed by atoms with E-state index in [1.807, 2.05) is 24.4 Å². The Labute approximate surface area is 87.0 Å². The third-order valence-corrected chi connectivity index (χ3v) is 2.68. The van der Waals surface area contributed by atoms with Crippen LogP contribution in [0.1, 0.15) is 11.6 Å². The number of rotatable bonds is 2. The standard InChI is InChI=1S/C10H12ClN3/c11-7-1-2-9-6(3-4-14-9)10(7)8(13)5-12/h1-4,8,14H,5,12-13H2/t8-/m1/s1. The van der Waals surface area contributed by atoms with Gasteiger partial charge in [-0.2, -0.15) is 0 Å². The summed E-state index contributed by atoms with van der Waals surface area (Å²) in [6, 6.07) is 5.53. The first-order valence-electron chi connectivity index (χ1n) is 4.45. The van der Waals surface area contributed by atoms with Gasteiger partial charge in [-0.25, -0.2) is 0 Å². The van der Waals surface area contributed by atoms with Gasteiger partial charge in [0.1, 0.15) is 0 Å². The average Bonchev–Trinajstić information content (AvgIpc) is 2.64. The molecule has 0 fully saturated rings. The van der Waals surface area contributed by atoms with Crippen molar-refractivity contribution in [2.24, 2.45) is 11.5 Å². The predicted octanol–water partition coefficient (Wildman–Crippen LogP) is 1.78. The van der Waals surface area contributed by atoms with E-state index in [1.165, 1.54) is 0 Å². The van der Waals surface area contributed by atoms with E-state index >= 15 is 0 Å². The minimum atomic E-state index is -0.206. The number of halogens is 1. The minimum absolute atomic E-state index is 0.206. The summed E-state index contributed by atoms with van der Waals surface area (Å²) in [7, 11) is 0. The number of nitrogens with one attached hydrogen (secondary N) is 1. The van der Waals surface area contributed by atoms with Gasteiger partial charge in [0.2, 0.25) is 0 Å². The number of fused-ring (bicyclic) bond motifs is 1. The van der Waals surface area contributed by atoms with Crippen molar-refractivity contribution in [3.05, 3.63) is 35.0 Å². The van der Waals surface area contributed by atoms with Crippen LogP contribution in [0.3, 0.4) is 0 Å². The van der Waals surface area contributed by atoms with Crippen molar-refractivity contribution in [3.63, 3.8) is 0 Å². The molecule has 74 valence electrons. The third-order valence-electron chi connectivity index (χ3n) is 2.35. The molecule has 0 unspecified atom stereocenters. The number of hydrogen-bond donors (Lipinski definition) is 3. The van der Waals surface area contributed by atoms with Gasteiger partial charge in [-0.05, 0) is 23.8 Å². The highest BCUT2D eigenvalue weighted by atomic mass is 35.5. The smallest absolute Gasteiger partial charge is 0.0461 e. The fourth-order valence-electron chi connectivity index (χ4n) is 1.62. The lowest BCUT2D eigenvalue weighted by atomic mass is 10.0. The van der Waals surface area contributed by atoms with Crippen LogP contribution in [0.5, 0.6) is 0 Å². The van der Waals surface area contributed by atoms with Crippen LogP contribution in [0.25, 0.3) is 10.9 Å². The Hall–Kier alpha value is -1.03. The molecule has 0 bridgehead atoms. The van der Waals surface area contributed by atoms with E-state index in [1.54, 1.807) is 0 Å². The molecule has 0 aliphatic carbocycles. The first kappa shape index (κ1) is 9.52. The molecule has 1 heterocycles. The molecule has 1 aromatic carbocycles. The number of aromatic amines is 1. The Morgan fingerprint density at radius 1 is 1.36 bits per heavy atom. The molecular formula is C10H12ClN3. The number of H-pyrrole nitrogens is 1. The monoisotopic (exact) mass is 209 g/mol. The third kappa shape index (κ3) is 1.39. The van der Waals surface area contributed by atoms with Gasteiger partial charge in [-0.3, -0.25) is 0 Å². The van der Waals surface area contributed by atoms with Crippen LogP contribution in [0.4, 0.5) is 0 Å². The van der Waals surface area contributed by atoms with Crippen molar-refractivity contribution in [1.82, 2.24) is 4.98 Å². The van der Waals surface area contributed by atoms with Crippen molar-refractivity contribution in [2.45, 2.75) is 6.04 Å². The van der Waals surface area contributed by atoms with E-state index in [0.29, 0.717) is 11.6 Å². The first-order valence-corrected chi connectivity index (χ1v) is 4.83. The van der Waals surface area contributed by atoms with Crippen LogP contribution in [-0.2, 0) is 0 Å². The molecule has 5 N–H and O–H groups in total. The molecule has 0 spiro atoms. The van der Waals surface area contributed by atoms with Crippen molar-refractivity contribution in [3.8, 4) is 0 Å². The highest BCUT2D eigenvalue weighted by Crippen LogP contribution is 2.29. The SMILES string of the molecule is NC[C@@H](N)c1c(Cl)ccc2[nH]ccc12. The largest absolute Gasteiger partial charge is 0.361 e.